The largest absolute Gasteiger partial charge is 0.497 e. The average molecular weight is 225 g/mol. The summed E-state index contributed by atoms with van der Waals surface area (Å²) in [5, 5.41) is 0. The maximum Gasteiger partial charge on any atom is 0.324 e. The van der Waals surface area contributed by atoms with Gasteiger partial charge in [0.15, 0.2) is 0 Å². The first-order chi connectivity index (χ1) is 7.69. The zero-order valence-electron chi connectivity index (χ0n) is 9.36. The summed E-state index contributed by atoms with van der Waals surface area (Å²) in [4.78, 5) is 15.0. The first-order valence-electron chi connectivity index (χ1n) is 4.81. The Morgan fingerprint density at radius 2 is 1.75 bits per heavy atom. The van der Waals surface area contributed by atoms with E-state index in [0.717, 1.165) is 5.56 Å². The predicted molar refractivity (Wildman–Crippen MR) is 58.1 cm³/mol. The number of benzene rings is 1. The van der Waals surface area contributed by atoms with Crippen molar-refractivity contribution in [1.29, 1.82) is 0 Å². The Labute approximate surface area is 94.1 Å². The molecular weight excluding hydrogens is 210 g/mol. The van der Waals surface area contributed by atoms with Crippen molar-refractivity contribution in [2.75, 3.05) is 14.2 Å². The SMILES string of the molecule is COc1cc(CCC(=O)ON)cc(OC)c1. The Morgan fingerprint density at radius 3 is 2.19 bits per heavy atom. The molecular formula is C11H15NO4. The van der Waals surface area contributed by atoms with Crippen LogP contribution in [-0.4, -0.2) is 20.2 Å². The van der Waals surface area contributed by atoms with Crippen molar-refractivity contribution in [2.45, 2.75) is 12.8 Å². The Bertz CT molecular complexity index is 343. The third kappa shape index (κ3) is 3.43. The molecule has 0 aliphatic heterocycles. The lowest BCUT2D eigenvalue weighted by atomic mass is 10.1. The van der Waals surface area contributed by atoms with Crippen LogP contribution in [0.2, 0.25) is 0 Å². The summed E-state index contributed by atoms with van der Waals surface area (Å²) in [5.74, 6) is 5.69. The molecule has 0 saturated heterocycles. The molecule has 0 fully saturated rings. The molecule has 1 aromatic rings. The minimum atomic E-state index is -0.443. The highest BCUT2D eigenvalue weighted by Gasteiger charge is 2.05. The zero-order valence-corrected chi connectivity index (χ0v) is 9.36. The van der Waals surface area contributed by atoms with E-state index in [2.05, 4.69) is 4.84 Å². The van der Waals surface area contributed by atoms with Crippen LogP contribution >= 0.6 is 0 Å². The summed E-state index contributed by atoms with van der Waals surface area (Å²) in [7, 11) is 3.15. The second kappa shape index (κ2) is 5.97. The summed E-state index contributed by atoms with van der Waals surface area (Å²) in [5.41, 5.74) is 0.932. The number of carbonyl (C=O) groups excluding carboxylic acids is 1. The van der Waals surface area contributed by atoms with E-state index < -0.39 is 5.97 Å². The van der Waals surface area contributed by atoms with Gasteiger partial charge in [-0.25, -0.2) is 0 Å². The van der Waals surface area contributed by atoms with Crippen molar-refractivity contribution >= 4 is 5.97 Å². The van der Waals surface area contributed by atoms with Crippen LogP contribution in [-0.2, 0) is 16.1 Å². The van der Waals surface area contributed by atoms with E-state index in [4.69, 9.17) is 15.4 Å². The second-order valence-corrected chi connectivity index (χ2v) is 3.21. The number of nitrogens with two attached hydrogens (primary N) is 1. The van der Waals surface area contributed by atoms with Gasteiger partial charge in [-0.1, -0.05) is 0 Å². The molecule has 5 heteroatoms. The molecule has 0 aromatic heterocycles. The van der Waals surface area contributed by atoms with Crippen molar-refractivity contribution in [3.05, 3.63) is 23.8 Å². The van der Waals surface area contributed by atoms with Gasteiger partial charge in [-0.05, 0) is 24.1 Å². The summed E-state index contributed by atoms with van der Waals surface area (Å²) in [6.45, 7) is 0. The van der Waals surface area contributed by atoms with E-state index in [-0.39, 0.29) is 6.42 Å². The molecule has 0 aliphatic rings. The Kier molecular flexibility index (Phi) is 4.60. The lowest BCUT2D eigenvalue weighted by molar-refractivity contribution is -0.144. The van der Waals surface area contributed by atoms with Crippen LogP contribution in [0.4, 0.5) is 0 Å². The molecule has 0 heterocycles. The number of ether oxygens (including phenoxy) is 2. The van der Waals surface area contributed by atoms with Crippen molar-refractivity contribution in [3.8, 4) is 11.5 Å². The summed E-state index contributed by atoms with van der Waals surface area (Å²) in [6.07, 6.45) is 0.760. The quantitative estimate of drug-likeness (QED) is 0.758. The topological polar surface area (TPSA) is 70.8 Å². The fourth-order valence-corrected chi connectivity index (χ4v) is 1.32. The number of hydrogen-bond donors (Lipinski definition) is 1. The molecule has 1 rings (SSSR count). The van der Waals surface area contributed by atoms with Gasteiger partial charge in [0.05, 0.1) is 20.6 Å². The third-order valence-corrected chi connectivity index (χ3v) is 2.16. The lowest BCUT2D eigenvalue weighted by Crippen LogP contribution is -2.10. The normalized spacial score (nSPS) is 9.69. The number of carbonyl (C=O) groups is 1. The van der Waals surface area contributed by atoms with Gasteiger partial charge in [0.2, 0.25) is 0 Å². The number of hydrogen-bond acceptors (Lipinski definition) is 5. The number of rotatable bonds is 5. The summed E-state index contributed by atoms with van der Waals surface area (Å²) in [6, 6.07) is 5.45. The van der Waals surface area contributed by atoms with Gasteiger partial charge in [-0.3, -0.25) is 4.79 Å². The maximum atomic E-state index is 10.9. The van der Waals surface area contributed by atoms with E-state index in [9.17, 15) is 4.79 Å². The molecule has 16 heavy (non-hydrogen) atoms. The molecule has 5 nitrogen and oxygen atoms in total. The van der Waals surface area contributed by atoms with Crippen molar-refractivity contribution in [2.24, 2.45) is 5.90 Å². The second-order valence-electron chi connectivity index (χ2n) is 3.21. The highest BCUT2D eigenvalue weighted by Crippen LogP contribution is 2.23. The monoisotopic (exact) mass is 225 g/mol. The standard InChI is InChI=1S/C11H15NO4/c1-14-9-5-8(3-4-11(13)16-12)6-10(7-9)15-2/h5-7H,3-4,12H2,1-2H3. The van der Waals surface area contributed by atoms with Crippen molar-refractivity contribution < 1.29 is 19.1 Å². The summed E-state index contributed by atoms with van der Waals surface area (Å²) >= 11 is 0. The molecule has 0 unspecified atom stereocenters. The van der Waals surface area contributed by atoms with Crippen LogP contribution in [0.15, 0.2) is 18.2 Å². The Hall–Kier alpha value is -1.75. The highest BCUT2D eigenvalue weighted by molar-refractivity contribution is 5.69. The molecule has 0 spiro atoms. The fraction of sp³-hybridized carbons (Fsp3) is 0.364. The lowest BCUT2D eigenvalue weighted by Gasteiger charge is -2.07. The fourth-order valence-electron chi connectivity index (χ4n) is 1.32. The molecule has 0 saturated carbocycles. The number of aryl methyl sites for hydroxylation is 1. The zero-order chi connectivity index (χ0) is 12.0. The molecule has 0 atom stereocenters. The molecule has 88 valence electrons. The van der Waals surface area contributed by atoms with Gasteiger partial charge in [0.25, 0.3) is 0 Å². The number of methoxy groups -OCH3 is 2. The van der Waals surface area contributed by atoms with Gasteiger partial charge in [0, 0.05) is 6.07 Å². The van der Waals surface area contributed by atoms with Crippen LogP contribution in [0.1, 0.15) is 12.0 Å². The van der Waals surface area contributed by atoms with Crippen molar-refractivity contribution in [3.63, 3.8) is 0 Å². The van der Waals surface area contributed by atoms with E-state index in [1.807, 2.05) is 12.1 Å². The molecule has 0 bridgehead atoms. The van der Waals surface area contributed by atoms with E-state index in [0.29, 0.717) is 17.9 Å². The smallest absolute Gasteiger partial charge is 0.324 e. The molecule has 2 N–H and O–H groups in total. The van der Waals surface area contributed by atoms with E-state index in [1.54, 1.807) is 20.3 Å². The summed E-state index contributed by atoms with van der Waals surface area (Å²) < 4.78 is 10.2. The van der Waals surface area contributed by atoms with Crippen LogP contribution in [0.25, 0.3) is 0 Å². The molecule has 1 aromatic carbocycles. The highest BCUT2D eigenvalue weighted by atomic mass is 16.7. The van der Waals surface area contributed by atoms with Crippen LogP contribution in [0.5, 0.6) is 11.5 Å². The van der Waals surface area contributed by atoms with Gasteiger partial charge < -0.3 is 14.3 Å². The van der Waals surface area contributed by atoms with E-state index >= 15 is 0 Å². The minimum absolute atomic E-state index is 0.229. The van der Waals surface area contributed by atoms with Gasteiger partial charge in [-0.15, -0.1) is 0 Å². The first-order valence-corrected chi connectivity index (χ1v) is 4.81. The van der Waals surface area contributed by atoms with Crippen LogP contribution in [0, 0.1) is 0 Å². The molecule has 0 radical (unpaired) electrons. The third-order valence-electron chi connectivity index (χ3n) is 2.16. The van der Waals surface area contributed by atoms with Gasteiger partial charge >= 0.3 is 5.97 Å². The molecule has 0 aliphatic carbocycles. The predicted octanol–water partition coefficient (Wildman–Crippen LogP) is 1.05. The van der Waals surface area contributed by atoms with Gasteiger partial charge in [-0.2, -0.15) is 5.90 Å². The van der Waals surface area contributed by atoms with Crippen molar-refractivity contribution in [1.82, 2.24) is 0 Å². The minimum Gasteiger partial charge on any atom is -0.497 e. The van der Waals surface area contributed by atoms with E-state index in [1.165, 1.54) is 0 Å². The maximum absolute atomic E-state index is 10.9. The average Bonchev–Trinajstić information content (AvgIpc) is 2.35. The van der Waals surface area contributed by atoms with Crippen LogP contribution in [0.3, 0.4) is 0 Å². The Balaban J connectivity index is 2.74. The first kappa shape index (κ1) is 12.3. The molecule has 0 amide bonds. The van der Waals surface area contributed by atoms with Crippen LogP contribution < -0.4 is 15.4 Å². The van der Waals surface area contributed by atoms with Gasteiger partial charge in [0.1, 0.15) is 11.5 Å². The Morgan fingerprint density at radius 1 is 1.19 bits per heavy atom.